The molecule has 4 nitrogen and oxygen atoms in total. The van der Waals surface area contributed by atoms with Gasteiger partial charge in [0.1, 0.15) is 0 Å². The average molecular weight is 247 g/mol. The summed E-state index contributed by atoms with van der Waals surface area (Å²) < 4.78 is 0. The molecule has 1 aromatic carbocycles. The summed E-state index contributed by atoms with van der Waals surface area (Å²) in [6.45, 7) is 3.86. The first-order chi connectivity index (χ1) is 8.65. The number of likely N-dealkylation sites (N-methyl/N-ethyl adjacent to an activating group) is 1. The van der Waals surface area contributed by atoms with Crippen molar-refractivity contribution in [3.8, 4) is 0 Å². The number of anilines is 1. The number of hydrogen-bond acceptors (Lipinski definition) is 2. The highest BCUT2D eigenvalue weighted by atomic mass is 16.2. The van der Waals surface area contributed by atoms with Gasteiger partial charge >= 0.3 is 6.03 Å². The molecule has 1 heterocycles. The molecule has 0 spiro atoms. The summed E-state index contributed by atoms with van der Waals surface area (Å²) >= 11 is 0. The van der Waals surface area contributed by atoms with Crippen molar-refractivity contribution in [2.24, 2.45) is 0 Å². The Morgan fingerprint density at radius 2 is 2.17 bits per heavy atom. The van der Waals surface area contributed by atoms with Crippen molar-refractivity contribution in [3.63, 3.8) is 0 Å². The molecule has 0 bridgehead atoms. The smallest absolute Gasteiger partial charge is 0.321 e. The molecule has 98 valence electrons. The molecule has 2 N–H and O–H groups in total. The monoisotopic (exact) mass is 247 g/mol. The van der Waals surface area contributed by atoms with E-state index in [1.165, 1.54) is 12.0 Å². The largest absolute Gasteiger partial charge is 0.326 e. The molecule has 4 heteroatoms. The van der Waals surface area contributed by atoms with E-state index >= 15 is 0 Å². The Balaban J connectivity index is 1.84. The SMILES string of the molecule is Cc1ccc(NC(=O)N(C)CC2CCCN2)cc1. The zero-order valence-corrected chi connectivity index (χ0v) is 11.1. The lowest BCUT2D eigenvalue weighted by molar-refractivity contribution is 0.218. The highest BCUT2D eigenvalue weighted by Crippen LogP contribution is 2.10. The molecular weight excluding hydrogens is 226 g/mol. The van der Waals surface area contributed by atoms with E-state index in [9.17, 15) is 4.79 Å². The first kappa shape index (κ1) is 12.9. The van der Waals surface area contributed by atoms with Gasteiger partial charge in [-0.1, -0.05) is 17.7 Å². The van der Waals surface area contributed by atoms with Gasteiger partial charge in [0.25, 0.3) is 0 Å². The number of aryl methyl sites for hydroxylation is 1. The lowest BCUT2D eigenvalue weighted by Gasteiger charge is -2.21. The predicted molar refractivity (Wildman–Crippen MR) is 73.9 cm³/mol. The summed E-state index contributed by atoms with van der Waals surface area (Å²) in [5.74, 6) is 0. The second-order valence-electron chi connectivity index (χ2n) is 4.97. The van der Waals surface area contributed by atoms with Gasteiger partial charge in [-0.3, -0.25) is 0 Å². The van der Waals surface area contributed by atoms with Crippen LogP contribution in [0.4, 0.5) is 10.5 Å². The minimum absolute atomic E-state index is 0.0486. The minimum atomic E-state index is -0.0486. The molecule has 0 saturated carbocycles. The van der Waals surface area contributed by atoms with Crippen molar-refractivity contribution in [1.82, 2.24) is 10.2 Å². The van der Waals surface area contributed by atoms with Crippen molar-refractivity contribution >= 4 is 11.7 Å². The molecule has 0 aliphatic carbocycles. The van der Waals surface area contributed by atoms with E-state index in [1.807, 2.05) is 38.2 Å². The Morgan fingerprint density at radius 1 is 1.44 bits per heavy atom. The van der Waals surface area contributed by atoms with Crippen LogP contribution in [0.5, 0.6) is 0 Å². The summed E-state index contributed by atoms with van der Waals surface area (Å²) in [5.41, 5.74) is 2.04. The molecule has 0 radical (unpaired) electrons. The molecule has 1 saturated heterocycles. The number of hydrogen-bond donors (Lipinski definition) is 2. The molecule has 2 amide bonds. The Kier molecular flexibility index (Phi) is 4.20. The number of rotatable bonds is 3. The first-order valence-corrected chi connectivity index (χ1v) is 6.47. The third kappa shape index (κ3) is 3.47. The van der Waals surface area contributed by atoms with Gasteiger partial charge in [-0.2, -0.15) is 0 Å². The van der Waals surface area contributed by atoms with Gasteiger partial charge in [0.15, 0.2) is 0 Å². The minimum Gasteiger partial charge on any atom is -0.326 e. The standard InChI is InChI=1S/C14H21N3O/c1-11-5-7-12(8-6-11)16-14(18)17(2)10-13-4-3-9-15-13/h5-8,13,15H,3-4,9-10H2,1-2H3,(H,16,18). The Labute approximate surface area is 108 Å². The third-order valence-corrected chi connectivity index (χ3v) is 3.31. The van der Waals surface area contributed by atoms with Crippen LogP contribution < -0.4 is 10.6 Å². The van der Waals surface area contributed by atoms with Crippen LogP contribution in [-0.4, -0.2) is 37.1 Å². The van der Waals surface area contributed by atoms with E-state index in [-0.39, 0.29) is 6.03 Å². The topological polar surface area (TPSA) is 44.4 Å². The Morgan fingerprint density at radius 3 is 2.78 bits per heavy atom. The number of benzene rings is 1. The molecule has 1 aliphatic rings. The molecule has 18 heavy (non-hydrogen) atoms. The Hall–Kier alpha value is -1.55. The molecule has 1 unspecified atom stereocenters. The summed E-state index contributed by atoms with van der Waals surface area (Å²) in [5, 5.41) is 6.29. The van der Waals surface area contributed by atoms with Gasteiger partial charge < -0.3 is 15.5 Å². The second-order valence-corrected chi connectivity index (χ2v) is 4.97. The van der Waals surface area contributed by atoms with Gasteiger partial charge in [-0.15, -0.1) is 0 Å². The zero-order valence-electron chi connectivity index (χ0n) is 11.1. The zero-order chi connectivity index (χ0) is 13.0. The maximum atomic E-state index is 12.0. The number of urea groups is 1. The van der Waals surface area contributed by atoms with Gasteiger partial charge in [-0.25, -0.2) is 4.79 Å². The highest BCUT2D eigenvalue weighted by Gasteiger charge is 2.18. The molecule has 0 aromatic heterocycles. The van der Waals surface area contributed by atoms with Crippen molar-refractivity contribution in [1.29, 1.82) is 0 Å². The fraction of sp³-hybridized carbons (Fsp3) is 0.500. The van der Waals surface area contributed by atoms with Crippen LogP contribution in [-0.2, 0) is 0 Å². The van der Waals surface area contributed by atoms with E-state index in [0.717, 1.165) is 25.2 Å². The van der Waals surface area contributed by atoms with E-state index in [1.54, 1.807) is 4.90 Å². The van der Waals surface area contributed by atoms with Crippen LogP contribution in [0.2, 0.25) is 0 Å². The van der Waals surface area contributed by atoms with Crippen LogP contribution in [0, 0.1) is 6.92 Å². The average Bonchev–Trinajstić information content (AvgIpc) is 2.85. The van der Waals surface area contributed by atoms with Crippen LogP contribution >= 0.6 is 0 Å². The van der Waals surface area contributed by atoms with Crippen LogP contribution in [0.15, 0.2) is 24.3 Å². The fourth-order valence-corrected chi connectivity index (χ4v) is 2.18. The van der Waals surface area contributed by atoms with E-state index in [2.05, 4.69) is 10.6 Å². The predicted octanol–water partition coefficient (Wildman–Crippen LogP) is 2.21. The third-order valence-electron chi connectivity index (χ3n) is 3.31. The van der Waals surface area contributed by atoms with Crippen LogP contribution in [0.25, 0.3) is 0 Å². The van der Waals surface area contributed by atoms with Gasteiger partial charge in [0.05, 0.1) is 0 Å². The van der Waals surface area contributed by atoms with Crippen molar-refractivity contribution in [3.05, 3.63) is 29.8 Å². The molecule has 2 rings (SSSR count). The normalized spacial score (nSPS) is 18.7. The number of nitrogens with zero attached hydrogens (tertiary/aromatic N) is 1. The Bertz CT molecular complexity index is 396. The summed E-state index contributed by atoms with van der Waals surface area (Å²) in [6, 6.07) is 8.23. The van der Waals surface area contributed by atoms with Gasteiger partial charge in [0, 0.05) is 25.3 Å². The van der Waals surface area contributed by atoms with Crippen molar-refractivity contribution < 1.29 is 4.79 Å². The van der Waals surface area contributed by atoms with E-state index in [0.29, 0.717) is 6.04 Å². The van der Waals surface area contributed by atoms with E-state index < -0.39 is 0 Å². The maximum absolute atomic E-state index is 12.0. The molecule has 1 aliphatic heterocycles. The fourth-order valence-electron chi connectivity index (χ4n) is 2.18. The molecule has 1 atom stereocenters. The van der Waals surface area contributed by atoms with Crippen molar-refractivity contribution in [2.45, 2.75) is 25.8 Å². The maximum Gasteiger partial charge on any atom is 0.321 e. The van der Waals surface area contributed by atoms with Crippen LogP contribution in [0.3, 0.4) is 0 Å². The van der Waals surface area contributed by atoms with Gasteiger partial charge in [0.2, 0.25) is 0 Å². The highest BCUT2D eigenvalue weighted by molar-refractivity contribution is 5.89. The lowest BCUT2D eigenvalue weighted by Crippen LogP contribution is -2.40. The van der Waals surface area contributed by atoms with Gasteiger partial charge in [-0.05, 0) is 38.4 Å². The number of nitrogens with one attached hydrogen (secondary N) is 2. The number of amides is 2. The van der Waals surface area contributed by atoms with Crippen molar-refractivity contribution in [2.75, 3.05) is 25.5 Å². The summed E-state index contributed by atoms with van der Waals surface area (Å²) in [7, 11) is 1.84. The molecule has 1 aromatic rings. The lowest BCUT2D eigenvalue weighted by atomic mass is 10.2. The van der Waals surface area contributed by atoms with Crippen LogP contribution in [0.1, 0.15) is 18.4 Å². The first-order valence-electron chi connectivity index (χ1n) is 6.47. The number of carbonyl (C=O) groups excluding carboxylic acids is 1. The quantitative estimate of drug-likeness (QED) is 0.860. The molecular formula is C14H21N3O. The molecule has 1 fully saturated rings. The number of carbonyl (C=O) groups is 1. The second kappa shape index (κ2) is 5.87. The van der Waals surface area contributed by atoms with E-state index in [4.69, 9.17) is 0 Å². The summed E-state index contributed by atoms with van der Waals surface area (Å²) in [4.78, 5) is 13.7. The summed E-state index contributed by atoms with van der Waals surface area (Å²) in [6.07, 6.45) is 2.36.